The lowest BCUT2D eigenvalue weighted by atomic mass is 9.94. The molecule has 118 valence electrons. The van der Waals surface area contributed by atoms with E-state index in [0.29, 0.717) is 13.1 Å². The van der Waals surface area contributed by atoms with E-state index in [1.807, 2.05) is 19.3 Å². The van der Waals surface area contributed by atoms with Gasteiger partial charge in [0.15, 0.2) is 0 Å². The average molecular weight is 300 g/mol. The lowest BCUT2D eigenvalue weighted by Gasteiger charge is -2.32. The molecule has 5 nitrogen and oxygen atoms in total. The number of hydrogen-bond acceptors (Lipinski definition) is 4. The van der Waals surface area contributed by atoms with Gasteiger partial charge in [-0.05, 0) is 44.0 Å². The van der Waals surface area contributed by atoms with E-state index in [1.54, 1.807) is 0 Å². The predicted molar refractivity (Wildman–Crippen MR) is 87.1 cm³/mol. The van der Waals surface area contributed by atoms with Crippen LogP contribution in [-0.2, 0) is 6.54 Å². The third-order valence-electron chi connectivity index (χ3n) is 4.27. The van der Waals surface area contributed by atoms with Crippen molar-refractivity contribution in [1.29, 1.82) is 0 Å². The van der Waals surface area contributed by atoms with Gasteiger partial charge in [0.1, 0.15) is 5.82 Å². The van der Waals surface area contributed by atoms with E-state index >= 15 is 0 Å². The molecule has 2 aromatic rings. The normalized spacial score (nSPS) is 21.9. The fraction of sp³-hybridized carbons (Fsp3) is 0.471. The van der Waals surface area contributed by atoms with Crippen LogP contribution in [0.2, 0.25) is 0 Å². The van der Waals surface area contributed by atoms with Crippen LogP contribution >= 0.6 is 0 Å². The van der Waals surface area contributed by atoms with Crippen molar-refractivity contribution in [2.45, 2.75) is 31.9 Å². The second kappa shape index (κ2) is 6.60. The minimum absolute atomic E-state index is 0.605. The van der Waals surface area contributed by atoms with Crippen LogP contribution in [0.3, 0.4) is 0 Å². The number of nitrogens with zero attached hydrogens (tertiary/aromatic N) is 2. The Kier molecular flexibility index (Phi) is 4.57. The molecule has 22 heavy (non-hydrogen) atoms. The molecule has 1 atom stereocenters. The Bertz CT molecular complexity index is 599. The Hall–Kier alpha value is -1.69. The summed E-state index contributed by atoms with van der Waals surface area (Å²) in [7, 11) is 0. The summed E-state index contributed by atoms with van der Waals surface area (Å²) in [5.41, 5.74) is 1.73. The number of nitrogens with one attached hydrogen (secondary N) is 2. The summed E-state index contributed by atoms with van der Waals surface area (Å²) in [4.78, 5) is 4.24. The van der Waals surface area contributed by atoms with Gasteiger partial charge in [-0.25, -0.2) is 4.98 Å². The first-order valence-corrected chi connectivity index (χ1v) is 7.89. The summed E-state index contributed by atoms with van der Waals surface area (Å²) in [5.74, 6) is 0.984. The highest BCUT2D eigenvalue weighted by Crippen LogP contribution is 2.15. The van der Waals surface area contributed by atoms with E-state index in [0.717, 1.165) is 37.4 Å². The molecular weight excluding hydrogens is 276 g/mol. The predicted octanol–water partition coefficient (Wildman–Crippen LogP) is 1.38. The molecule has 2 heterocycles. The van der Waals surface area contributed by atoms with Crippen molar-refractivity contribution in [1.82, 2.24) is 20.2 Å². The van der Waals surface area contributed by atoms with Crippen molar-refractivity contribution >= 4 is 0 Å². The summed E-state index contributed by atoms with van der Waals surface area (Å²) < 4.78 is 2.06. The van der Waals surface area contributed by atoms with Crippen LogP contribution in [0.15, 0.2) is 36.7 Å². The van der Waals surface area contributed by atoms with Crippen LogP contribution in [0.1, 0.15) is 24.2 Å². The van der Waals surface area contributed by atoms with Crippen LogP contribution in [0.25, 0.3) is 5.69 Å². The Morgan fingerprint density at radius 1 is 1.36 bits per heavy atom. The zero-order chi connectivity index (χ0) is 15.4. The highest BCUT2D eigenvalue weighted by Gasteiger charge is 2.28. The molecule has 1 aliphatic rings. The van der Waals surface area contributed by atoms with E-state index < -0.39 is 5.60 Å². The molecule has 0 bridgehead atoms. The monoisotopic (exact) mass is 300 g/mol. The van der Waals surface area contributed by atoms with Crippen molar-refractivity contribution in [3.8, 4) is 5.69 Å². The maximum absolute atomic E-state index is 10.4. The van der Waals surface area contributed by atoms with Gasteiger partial charge in [0.05, 0.1) is 5.60 Å². The number of piperidine rings is 1. The Morgan fingerprint density at radius 2 is 2.18 bits per heavy atom. The Balaban J connectivity index is 1.54. The third-order valence-corrected chi connectivity index (χ3v) is 4.27. The molecule has 3 N–H and O–H groups in total. The van der Waals surface area contributed by atoms with Crippen molar-refractivity contribution < 1.29 is 5.11 Å². The molecule has 1 saturated heterocycles. The van der Waals surface area contributed by atoms with Gasteiger partial charge in [0.25, 0.3) is 0 Å². The second-order valence-corrected chi connectivity index (χ2v) is 6.12. The van der Waals surface area contributed by atoms with Crippen LogP contribution in [0.4, 0.5) is 0 Å². The average Bonchev–Trinajstić information content (AvgIpc) is 2.95. The molecular formula is C17H24N4O. The van der Waals surface area contributed by atoms with Crippen molar-refractivity contribution in [2.24, 2.45) is 0 Å². The standard InChI is InChI=1S/C17H24N4O/c1-14-20-9-10-21(14)16-5-3-15(4-6-16)11-19-13-17(22)7-2-8-18-12-17/h3-6,9-10,18-19,22H,2,7-8,11-13H2,1H3/t17-/m0/s1. The van der Waals surface area contributed by atoms with E-state index in [1.165, 1.54) is 5.56 Å². The number of hydrogen-bond donors (Lipinski definition) is 3. The highest BCUT2D eigenvalue weighted by molar-refractivity contribution is 5.35. The first-order chi connectivity index (χ1) is 10.7. The van der Waals surface area contributed by atoms with Crippen LogP contribution in [-0.4, -0.2) is 39.9 Å². The molecule has 3 rings (SSSR count). The fourth-order valence-electron chi connectivity index (χ4n) is 2.97. The summed E-state index contributed by atoms with van der Waals surface area (Å²) in [6.45, 7) is 5.08. The van der Waals surface area contributed by atoms with E-state index in [2.05, 4.69) is 44.5 Å². The van der Waals surface area contributed by atoms with Gasteiger partial charge in [0, 0.05) is 37.7 Å². The minimum atomic E-state index is -0.605. The lowest BCUT2D eigenvalue weighted by Crippen LogP contribution is -2.51. The summed E-state index contributed by atoms with van der Waals surface area (Å²) in [5, 5.41) is 17.0. The lowest BCUT2D eigenvalue weighted by molar-refractivity contribution is 0.0169. The summed E-state index contributed by atoms with van der Waals surface area (Å²) >= 11 is 0. The first-order valence-electron chi connectivity index (χ1n) is 7.89. The Labute approximate surface area is 131 Å². The van der Waals surface area contributed by atoms with E-state index in [-0.39, 0.29) is 0 Å². The van der Waals surface area contributed by atoms with Crippen LogP contribution < -0.4 is 10.6 Å². The topological polar surface area (TPSA) is 62.1 Å². The molecule has 0 radical (unpaired) electrons. The smallest absolute Gasteiger partial charge is 0.110 e. The van der Waals surface area contributed by atoms with Gasteiger partial charge in [0.2, 0.25) is 0 Å². The first kappa shape index (κ1) is 15.2. The van der Waals surface area contributed by atoms with Gasteiger partial charge in [-0.1, -0.05) is 12.1 Å². The molecule has 1 aromatic heterocycles. The van der Waals surface area contributed by atoms with Crippen molar-refractivity contribution in [2.75, 3.05) is 19.6 Å². The van der Waals surface area contributed by atoms with Gasteiger partial charge in [-0.2, -0.15) is 0 Å². The molecule has 1 fully saturated rings. The number of aromatic nitrogens is 2. The molecule has 1 aliphatic heterocycles. The van der Waals surface area contributed by atoms with Gasteiger partial charge >= 0.3 is 0 Å². The van der Waals surface area contributed by atoms with Gasteiger partial charge in [-0.15, -0.1) is 0 Å². The molecule has 5 heteroatoms. The molecule has 0 unspecified atom stereocenters. The zero-order valence-electron chi connectivity index (χ0n) is 13.0. The van der Waals surface area contributed by atoms with Gasteiger partial charge in [-0.3, -0.25) is 0 Å². The summed E-state index contributed by atoms with van der Waals surface area (Å²) in [6.07, 6.45) is 5.68. The molecule has 0 aliphatic carbocycles. The van der Waals surface area contributed by atoms with Crippen molar-refractivity contribution in [3.63, 3.8) is 0 Å². The number of aliphatic hydroxyl groups is 1. The number of β-amino-alcohol motifs (C(OH)–C–C–N with tert-alkyl or cyclic N) is 1. The fourth-order valence-corrected chi connectivity index (χ4v) is 2.97. The Morgan fingerprint density at radius 3 is 2.82 bits per heavy atom. The quantitative estimate of drug-likeness (QED) is 0.781. The molecule has 0 spiro atoms. The highest BCUT2D eigenvalue weighted by atomic mass is 16.3. The largest absolute Gasteiger partial charge is 0.387 e. The number of imidazole rings is 1. The third kappa shape index (κ3) is 3.55. The SMILES string of the molecule is Cc1nccn1-c1ccc(CNC[C@]2(O)CCCNC2)cc1. The molecule has 0 amide bonds. The minimum Gasteiger partial charge on any atom is -0.387 e. The van der Waals surface area contributed by atoms with E-state index in [4.69, 9.17) is 0 Å². The molecule has 1 aromatic carbocycles. The van der Waals surface area contributed by atoms with Crippen LogP contribution in [0.5, 0.6) is 0 Å². The number of rotatable bonds is 5. The number of aryl methyl sites for hydroxylation is 1. The second-order valence-electron chi connectivity index (χ2n) is 6.12. The van der Waals surface area contributed by atoms with Crippen molar-refractivity contribution in [3.05, 3.63) is 48.0 Å². The maximum Gasteiger partial charge on any atom is 0.110 e. The molecule has 0 saturated carbocycles. The summed E-state index contributed by atoms with van der Waals surface area (Å²) in [6, 6.07) is 8.43. The number of benzene rings is 1. The maximum atomic E-state index is 10.4. The van der Waals surface area contributed by atoms with Gasteiger partial charge < -0.3 is 20.3 Å². The van der Waals surface area contributed by atoms with E-state index in [9.17, 15) is 5.11 Å². The zero-order valence-corrected chi connectivity index (χ0v) is 13.0. The van der Waals surface area contributed by atoms with Crippen LogP contribution in [0, 0.1) is 6.92 Å².